The zero-order chi connectivity index (χ0) is 17.0. The van der Waals surface area contributed by atoms with Crippen LogP contribution in [0.4, 0.5) is 9.18 Å². The Labute approximate surface area is 143 Å². The molecular formula is C16H20BrFN2O3. The molecule has 2 N–H and O–H groups in total. The summed E-state index contributed by atoms with van der Waals surface area (Å²) in [4.78, 5) is 24.8. The minimum absolute atomic E-state index is 0.151. The van der Waals surface area contributed by atoms with Crippen LogP contribution in [0.25, 0.3) is 0 Å². The third kappa shape index (κ3) is 4.92. The van der Waals surface area contributed by atoms with Crippen LogP contribution in [0.1, 0.15) is 18.9 Å². The van der Waals surface area contributed by atoms with Crippen LogP contribution in [-0.2, 0) is 11.2 Å². The van der Waals surface area contributed by atoms with Crippen molar-refractivity contribution in [3.63, 3.8) is 0 Å². The molecule has 2 amide bonds. The van der Waals surface area contributed by atoms with Crippen LogP contribution in [0, 0.1) is 17.7 Å². The molecule has 7 heteroatoms. The van der Waals surface area contributed by atoms with Crippen molar-refractivity contribution >= 4 is 27.9 Å². The lowest BCUT2D eigenvalue weighted by molar-refractivity contribution is -0.143. The molecule has 0 aliphatic carbocycles. The molecule has 1 aromatic rings. The zero-order valence-corrected chi connectivity index (χ0v) is 14.5. The van der Waals surface area contributed by atoms with Gasteiger partial charge in [0, 0.05) is 24.1 Å². The minimum Gasteiger partial charge on any atom is -0.481 e. The number of aliphatic carboxylic acids is 1. The second kappa shape index (κ2) is 7.77. The number of carboxylic acid groups (broad SMARTS) is 1. The van der Waals surface area contributed by atoms with E-state index >= 15 is 0 Å². The number of halogens is 2. The number of nitrogens with zero attached hydrogens (tertiary/aromatic N) is 1. The molecule has 1 aliphatic heterocycles. The summed E-state index contributed by atoms with van der Waals surface area (Å²) in [5, 5.41) is 11.9. The van der Waals surface area contributed by atoms with Gasteiger partial charge in [-0.25, -0.2) is 9.18 Å². The maximum absolute atomic E-state index is 13.6. The molecule has 0 radical (unpaired) electrons. The van der Waals surface area contributed by atoms with Crippen molar-refractivity contribution in [2.24, 2.45) is 11.8 Å². The predicted molar refractivity (Wildman–Crippen MR) is 87.7 cm³/mol. The molecule has 2 rings (SSSR count). The number of hydrogen-bond donors (Lipinski definition) is 2. The maximum atomic E-state index is 13.6. The van der Waals surface area contributed by atoms with E-state index in [2.05, 4.69) is 21.2 Å². The zero-order valence-electron chi connectivity index (χ0n) is 12.9. The maximum Gasteiger partial charge on any atom is 0.317 e. The van der Waals surface area contributed by atoms with E-state index in [1.54, 1.807) is 12.1 Å². The molecule has 0 aromatic heterocycles. The van der Waals surface area contributed by atoms with Crippen LogP contribution >= 0.6 is 15.9 Å². The van der Waals surface area contributed by atoms with Crippen molar-refractivity contribution < 1.29 is 19.1 Å². The van der Waals surface area contributed by atoms with Crippen LogP contribution in [0.5, 0.6) is 0 Å². The van der Waals surface area contributed by atoms with Gasteiger partial charge in [-0.1, -0.05) is 22.9 Å². The van der Waals surface area contributed by atoms with E-state index in [9.17, 15) is 14.0 Å². The molecular weight excluding hydrogens is 367 g/mol. The monoisotopic (exact) mass is 386 g/mol. The lowest BCUT2D eigenvalue weighted by Gasteiger charge is -2.34. The Hall–Kier alpha value is -1.63. The van der Waals surface area contributed by atoms with Crippen LogP contribution in [0.3, 0.4) is 0 Å². The summed E-state index contributed by atoms with van der Waals surface area (Å²) in [6.45, 7) is 3.00. The summed E-state index contributed by atoms with van der Waals surface area (Å²) < 4.78 is 14.4. The Bertz CT molecular complexity index is 597. The Kier molecular flexibility index (Phi) is 5.98. The average Bonchev–Trinajstić information content (AvgIpc) is 2.50. The van der Waals surface area contributed by atoms with Crippen molar-refractivity contribution in [1.82, 2.24) is 10.2 Å². The number of carbonyl (C=O) groups is 2. The van der Waals surface area contributed by atoms with Gasteiger partial charge >= 0.3 is 12.0 Å². The molecule has 1 aliphatic rings. The van der Waals surface area contributed by atoms with Gasteiger partial charge < -0.3 is 15.3 Å². The Morgan fingerprint density at radius 1 is 1.43 bits per heavy atom. The van der Waals surface area contributed by atoms with Crippen molar-refractivity contribution in [2.75, 3.05) is 19.6 Å². The van der Waals surface area contributed by atoms with E-state index in [1.807, 2.05) is 6.92 Å². The average molecular weight is 387 g/mol. The highest BCUT2D eigenvalue weighted by Gasteiger charge is 2.31. The van der Waals surface area contributed by atoms with Gasteiger partial charge in [-0.3, -0.25) is 4.79 Å². The summed E-state index contributed by atoms with van der Waals surface area (Å²) in [5.41, 5.74) is 0.523. The van der Waals surface area contributed by atoms with Gasteiger partial charge in [0.05, 0.1) is 5.92 Å². The quantitative estimate of drug-likeness (QED) is 0.835. The van der Waals surface area contributed by atoms with E-state index < -0.39 is 11.9 Å². The topological polar surface area (TPSA) is 69.6 Å². The lowest BCUT2D eigenvalue weighted by atomic mass is 9.91. The van der Waals surface area contributed by atoms with Crippen molar-refractivity contribution in [3.05, 3.63) is 34.1 Å². The predicted octanol–water partition coefficient (Wildman–Crippen LogP) is 2.88. The third-order valence-electron chi connectivity index (χ3n) is 3.97. The van der Waals surface area contributed by atoms with Crippen molar-refractivity contribution in [2.45, 2.75) is 19.8 Å². The third-order valence-corrected chi connectivity index (χ3v) is 4.47. The minimum atomic E-state index is -0.870. The van der Waals surface area contributed by atoms with Crippen molar-refractivity contribution in [1.29, 1.82) is 0 Å². The summed E-state index contributed by atoms with van der Waals surface area (Å²) in [5.74, 6) is -1.55. The molecule has 1 saturated heterocycles. The smallest absolute Gasteiger partial charge is 0.317 e. The number of likely N-dealkylation sites (tertiary alicyclic amines) is 1. The molecule has 23 heavy (non-hydrogen) atoms. The van der Waals surface area contributed by atoms with Gasteiger partial charge in [-0.15, -0.1) is 0 Å². The highest BCUT2D eigenvalue weighted by Crippen LogP contribution is 2.21. The van der Waals surface area contributed by atoms with Crippen LogP contribution in [-0.4, -0.2) is 41.6 Å². The number of benzene rings is 1. The van der Waals surface area contributed by atoms with Gasteiger partial charge in [0.1, 0.15) is 5.82 Å². The molecule has 5 nitrogen and oxygen atoms in total. The number of amides is 2. The first kappa shape index (κ1) is 17.7. The Morgan fingerprint density at radius 2 is 2.17 bits per heavy atom. The summed E-state index contributed by atoms with van der Waals surface area (Å²) in [6, 6.07) is 4.40. The van der Waals surface area contributed by atoms with E-state index in [0.29, 0.717) is 31.5 Å². The van der Waals surface area contributed by atoms with E-state index in [1.165, 1.54) is 11.0 Å². The van der Waals surface area contributed by atoms with Crippen LogP contribution < -0.4 is 5.32 Å². The molecule has 2 atom stereocenters. The SMILES string of the molecule is CC1CC(C(=O)O)CN(C(=O)NCCc2cc(Br)ccc2F)C1. The number of urea groups is 1. The van der Waals surface area contributed by atoms with Crippen LogP contribution in [0.15, 0.2) is 22.7 Å². The fraction of sp³-hybridized carbons (Fsp3) is 0.500. The molecule has 1 aromatic carbocycles. The molecule has 2 unspecified atom stereocenters. The largest absolute Gasteiger partial charge is 0.481 e. The van der Waals surface area contributed by atoms with E-state index in [4.69, 9.17) is 5.11 Å². The second-order valence-corrected chi connectivity index (χ2v) is 6.91. The number of piperidine rings is 1. The highest BCUT2D eigenvalue weighted by atomic mass is 79.9. The lowest BCUT2D eigenvalue weighted by Crippen LogP contribution is -2.49. The van der Waals surface area contributed by atoms with Gasteiger partial charge in [-0.2, -0.15) is 0 Å². The first-order valence-corrected chi connectivity index (χ1v) is 8.35. The van der Waals surface area contributed by atoms with Gasteiger partial charge in [0.15, 0.2) is 0 Å². The fourth-order valence-corrected chi connectivity index (χ4v) is 3.26. The molecule has 1 heterocycles. The summed E-state index contributed by atoms with van der Waals surface area (Å²) >= 11 is 3.29. The Balaban J connectivity index is 1.86. The fourth-order valence-electron chi connectivity index (χ4n) is 2.85. The molecule has 0 bridgehead atoms. The number of carboxylic acids is 1. The standard InChI is InChI=1S/C16H20BrFN2O3/c1-10-6-12(15(21)22)9-20(8-10)16(23)19-5-4-11-7-13(17)2-3-14(11)18/h2-3,7,10,12H,4-6,8-9H2,1H3,(H,19,23)(H,21,22). The van der Waals surface area contributed by atoms with Crippen LogP contribution in [0.2, 0.25) is 0 Å². The highest BCUT2D eigenvalue weighted by molar-refractivity contribution is 9.10. The normalized spacial score (nSPS) is 21.1. The molecule has 0 saturated carbocycles. The first-order chi connectivity index (χ1) is 10.9. The summed E-state index contributed by atoms with van der Waals surface area (Å²) in [6.07, 6.45) is 0.963. The van der Waals surface area contributed by atoms with Gasteiger partial charge in [-0.05, 0) is 42.5 Å². The summed E-state index contributed by atoms with van der Waals surface area (Å²) in [7, 11) is 0. The van der Waals surface area contributed by atoms with Gasteiger partial charge in [0.2, 0.25) is 0 Å². The van der Waals surface area contributed by atoms with E-state index in [-0.39, 0.29) is 24.3 Å². The number of carbonyl (C=O) groups excluding carboxylic acids is 1. The number of nitrogens with one attached hydrogen (secondary N) is 1. The Morgan fingerprint density at radius 3 is 2.87 bits per heavy atom. The molecule has 126 valence electrons. The molecule has 1 fully saturated rings. The van der Waals surface area contributed by atoms with Gasteiger partial charge in [0.25, 0.3) is 0 Å². The van der Waals surface area contributed by atoms with E-state index in [0.717, 1.165) is 4.47 Å². The second-order valence-electron chi connectivity index (χ2n) is 6.00. The molecule has 0 spiro atoms. The number of hydrogen-bond acceptors (Lipinski definition) is 2. The first-order valence-electron chi connectivity index (χ1n) is 7.56. The number of rotatable bonds is 4. The van der Waals surface area contributed by atoms with Crippen molar-refractivity contribution in [3.8, 4) is 0 Å².